The summed E-state index contributed by atoms with van der Waals surface area (Å²) in [5, 5.41) is 5.80. The Balaban J connectivity index is 1.43. The van der Waals surface area contributed by atoms with Gasteiger partial charge in [0.1, 0.15) is 6.04 Å². The maximum Gasteiger partial charge on any atom is 0.242 e. The second-order valence-corrected chi connectivity index (χ2v) is 5.71. The molecule has 100 valence electrons. The molecule has 2 amide bonds. The third-order valence-corrected chi connectivity index (χ3v) is 4.25. The van der Waals surface area contributed by atoms with Gasteiger partial charge >= 0.3 is 0 Å². The predicted octanol–water partition coefficient (Wildman–Crippen LogP) is 0.00800. The summed E-state index contributed by atoms with van der Waals surface area (Å²) < 4.78 is 0. The van der Waals surface area contributed by atoms with E-state index in [0.717, 1.165) is 32.0 Å². The third kappa shape index (κ3) is 2.66. The summed E-state index contributed by atoms with van der Waals surface area (Å²) in [6, 6.07) is 0.833. The zero-order valence-electron chi connectivity index (χ0n) is 10.7. The fourth-order valence-corrected chi connectivity index (χ4v) is 2.96. The van der Waals surface area contributed by atoms with Gasteiger partial charge < -0.3 is 15.5 Å². The van der Waals surface area contributed by atoms with Gasteiger partial charge in [0.05, 0.1) is 0 Å². The van der Waals surface area contributed by atoms with E-state index >= 15 is 0 Å². The molecule has 3 rings (SSSR count). The number of nitrogens with one attached hydrogen (secondary N) is 2. The van der Waals surface area contributed by atoms with Gasteiger partial charge in [-0.25, -0.2) is 0 Å². The van der Waals surface area contributed by atoms with Gasteiger partial charge in [-0.15, -0.1) is 0 Å². The molecule has 2 heterocycles. The Hall–Kier alpha value is -1.10. The Morgan fingerprint density at radius 1 is 1.17 bits per heavy atom. The molecule has 18 heavy (non-hydrogen) atoms. The van der Waals surface area contributed by atoms with Crippen LogP contribution < -0.4 is 10.6 Å². The number of piperidine rings is 1. The molecule has 0 aromatic heterocycles. The van der Waals surface area contributed by atoms with Crippen LogP contribution >= 0.6 is 0 Å². The topological polar surface area (TPSA) is 61.4 Å². The zero-order chi connectivity index (χ0) is 12.5. The first-order valence-corrected chi connectivity index (χ1v) is 7.06. The number of carbonyl (C=O) groups is 2. The fraction of sp³-hybridized carbons (Fsp3) is 0.846. The van der Waals surface area contributed by atoms with Crippen LogP contribution in [0.3, 0.4) is 0 Å². The van der Waals surface area contributed by atoms with Crippen LogP contribution in [0.2, 0.25) is 0 Å². The lowest BCUT2D eigenvalue weighted by Crippen LogP contribution is -2.50. The maximum absolute atomic E-state index is 11.9. The van der Waals surface area contributed by atoms with Crippen LogP contribution in [0.1, 0.15) is 38.5 Å². The minimum Gasteiger partial charge on any atom is -0.351 e. The van der Waals surface area contributed by atoms with E-state index in [1.165, 1.54) is 12.8 Å². The summed E-state index contributed by atoms with van der Waals surface area (Å²) in [4.78, 5) is 25.6. The van der Waals surface area contributed by atoms with Crippen LogP contribution in [-0.2, 0) is 9.59 Å². The molecule has 3 fully saturated rings. The molecular formula is C13H21N3O2. The summed E-state index contributed by atoms with van der Waals surface area (Å²) >= 11 is 0. The van der Waals surface area contributed by atoms with Crippen LogP contribution in [0, 0.1) is 0 Å². The minimum absolute atomic E-state index is 0.00120. The van der Waals surface area contributed by atoms with Crippen LogP contribution in [0.25, 0.3) is 0 Å². The van der Waals surface area contributed by atoms with E-state index in [2.05, 4.69) is 15.5 Å². The van der Waals surface area contributed by atoms with Gasteiger partial charge in [-0.05, 0) is 32.1 Å². The van der Waals surface area contributed by atoms with Gasteiger partial charge in [0.2, 0.25) is 11.8 Å². The molecule has 5 heteroatoms. The van der Waals surface area contributed by atoms with Crippen molar-refractivity contribution >= 4 is 11.8 Å². The summed E-state index contributed by atoms with van der Waals surface area (Å²) in [5.41, 5.74) is 0. The predicted molar refractivity (Wildman–Crippen MR) is 66.9 cm³/mol. The van der Waals surface area contributed by atoms with Crippen molar-refractivity contribution in [2.45, 2.75) is 56.7 Å². The van der Waals surface area contributed by atoms with Crippen molar-refractivity contribution in [2.75, 3.05) is 13.1 Å². The molecule has 0 spiro atoms. The average molecular weight is 251 g/mol. The second kappa shape index (κ2) is 4.88. The first-order chi connectivity index (χ1) is 8.72. The molecule has 1 unspecified atom stereocenters. The number of nitrogens with zero attached hydrogens (tertiary/aromatic N) is 1. The Labute approximate surface area is 107 Å². The molecular weight excluding hydrogens is 230 g/mol. The first-order valence-electron chi connectivity index (χ1n) is 7.06. The van der Waals surface area contributed by atoms with Crippen molar-refractivity contribution in [2.24, 2.45) is 0 Å². The minimum atomic E-state index is -0.293. The van der Waals surface area contributed by atoms with Crippen molar-refractivity contribution in [1.29, 1.82) is 0 Å². The molecule has 1 saturated carbocycles. The maximum atomic E-state index is 11.9. The number of hydrogen-bond donors (Lipinski definition) is 2. The quantitative estimate of drug-likeness (QED) is 0.742. The Morgan fingerprint density at radius 2 is 1.89 bits per heavy atom. The van der Waals surface area contributed by atoms with E-state index in [4.69, 9.17) is 0 Å². The number of rotatable bonds is 3. The number of likely N-dealkylation sites (tertiary alicyclic amines) is 1. The van der Waals surface area contributed by atoms with Crippen LogP contribution in [0.5, 0.6) is 0 Å². The molecule has 0 bridgehead atoms. The monoisotopic (exact) mass is 251 g/mol. The lowest BCUT2D eigenvalue weighted by Gasteiger charge is -2.32. The fourth-order valence-electron chi connectivity index (χ4n) is 2.96. The van der Waals surface area contributed by atoms with Crippen LogP contribution in [-0.4, -0.2) is 47.9 Å². The molecule has 1 aliphatic carbocycles. The average Bonchev–Trinajstić information content (AvgIpc) is 3.12. The summed E-state index contributed by atoms with van der Waals surface area (Å²) in [6.07, 6.45) is 5.92. The lowest BCUT2D eigenvalue weighted by molar-refractivity contribution is -0.126. The highest BCUT2D eigenvalue weighted by atomic mass is 16.2. The Morgan fingerprint density at radius 3 is 2.44 bits per heavy atom. The van der Waals surface area contributed by atoms with Gasteiger partial charge in [0, 0.05) is 31.6 Å². The van der Waals surface area contributed by atoms with Gasteiger partial charge in [0.15, 0.2) is 0 Å². The number of carbonyl (C=O) groups excluding carboxylic acids is 2. The van der Waals surface area contributed by atoms with E-state index in [9.17, 15) is 9.59 Å². The molecule has 2 aliphatic heterocycles. The molecule has 0 aromatic carbocycles. The van der Waals surface area contributed by atoms with Crippen LogP contribution in [0.15, 0.2) is 0 Å². The highest BCUT2D eigenvalue weighted by Gasteiger charge is 2.33. The SMILES string of the molecule is O=C1CCC(C(=O)NC2CCN(C3CC3)CC2)N1. The smallest absolute Gasteiger partial charge is 0.242 e. The van der Waals surface area contributed by atoms with Gasteiger partial charge in [-0.2, -0.15) is 0 Å². The molecule has 0 aromatic rings. The van der Waals surface area contributed by atoms with Crippen molar-refractivity contribution in [3.8, 4) is 0 Å². The summed E-state index contributed by atoms with van der Waals surface area (Å²) in [7, 11) is 0. The molecule has 2 N–H and O–H groups in total. The summed E-state index contributed by atoms with van der Waals surface area (Å²) in [6.45, 7) is 2.21. The van der Waals surface area contributed by atoms with E-state index in [1.807, 2.05) is 0 Å². The zero-order valence-corrected chi connectivity index (χ0v) is 10.7. The van der Waals surface area contributed by atoms with Crippen molar-refractivity contribution in [1.82, 2.24) is 15.5 Å². The van der Waals surface area contributed by atoms with Gasteiger partial charge in [0.25, 0.3) is 0 Å². The molecule has 1 atom stereocenters. The lowest BCUT2D eigenvalue weighted by atomic mass is 10.0. The van der Waals surface area contributed by atoms with E-state index < -0.39 is 0 Å². The molecule has 3 aliphatic rings. The van der Waals surface area contributed by atoms with Crippen molar-refractivity contribution in [3.05, 3.63) is 0 Å². The number of amides is 2. The largest absolute Gasteiger partial charge is 0.351 e. The third-order valence-electron chi connectivity index (χ3n) is 4.25. The van der Waals surface area contributed by atoms with Crippen LogP contribution in [0.4, 0.5) is 0 Å². The van der Waals surface area contributed by atoms with Crippen molar-refractivity contribution < 1.29 is 9.59 Å². The van der Waals surface area contributed by atoms with E-state index in [-0.39, 0.29) is 17.9 Å². The van der Waals surface area contributed by atoms with E-state index in [0.29, 0.717) is 18.9 Å². The highest BCUT2D eigenvalue weighted by Crippen LogP contribution is 2.29. The molecule has 0 radical (unpaired) electrons. The molecule has 2 saturated heterocycles. The van der Waals surface area contributed by atoms with Crippen molar-refractivity contribution in [3.63, 3.8) is 0 Å². The standard InChI is InChI=1S/C13H21N3O2/c17-12-4-3-11(15-12)13(18)14-9-5-7-16(8-6-9)10-1-2-10/h9-11H,1-8H2,(H,14,18)(H,15,17). The summed E-state index contributed by atoms with van der Waals surface area (Å²) in [5.74, 6) is 0.00410. The highest BCUT2D eigenvalue weighted by molar-refractivity contribution is 5.90. The number of hydrogen-bond acceptors (Lipinski definition) is 3. The first kappa shape index (κ1) is 12.0. The Kier molecular flexibility index (Phi) is 3.24. The van der Waals surface area contributed by atoms with E-state index in [1.54, 1.807) is 0 Å². The van der Waals surface area contributed by atoms with Gasteiger partial charge in [-0.3, -0.25) is 9.59 Å². The molecule has 5 nitrogen and oxygen atoms in total. The Bertz CT molecular complexity index is 346. The van der Waals surface area contributed by atoms with Gasteiger partial charge in [-0.1, -0.05) is 0 Å². The second-order valence-electron chi connectivity index (χ2n) is 5.71. The normalized spacial score (nSPS) is 30.2.